The lowest BCUT2D eigenvalue weighted by molar-refractivity contribution is 1.15. The molecule has 218 valence electrons. The van der Waals surface area contributed by atoms with Crippen molar-refractivity contribution in [3.05, 3.63) is 146 Å². The highest BCUT2D eigenvalue weighted by molar-refractivity contribution is 6.33. The number of para-hydroxylation sites is 3. The third kappa shape index (κ3) is 3.16. The Morgan fingerprint density at radius 1 is 0.404 bits per heavy atom. The molecule has 0 aliphatic heterocycles. The number of fused-ring (bicyclic) bond motifs is 16. The van der Waals surface area contributed by atoms with Crippen LogP contribution >= 0.6 is 0 Å². The molecule has 6 aromatic heterocycles. The maximum absolute atomic E-state index is 5.16. The van der Waals surface area contributed by atoms with Crippen LogP contribution in [0, 0.1) is 0 Å². The molecule has 5 aromatic carbocycles. The number of aromatic nitrogens is 6. The predicted molar refractivity (Wildman–Crippen MR) is 192 cm³/mol. The first-order valence-corrected chi connectivity index (χ1v) is 15.8. The van der Waals surface area contributed by atoms with Gasteiger partial charge in [0.2, 0.25) is 0 Å². The fourth-order valence-corrected chi connectivity index (χ4v) is 7.92. The van der Waals surface area contributed by atoms with Crippen molar-refractivity contribution in [3.8, 4) is 11.4 Å². The summed E-state index contributed by atoms with van der Waals surface area (Å²) in [4.78, 5) is 14.2. The first kappa shape index (κ1) is 24.8. The Morgan fingerprint density at radius 3 is 1.85 bits per heavy atom. The van der Waals surface area contributed by atoms with Gasteiger partial charge in [0.25, 0.3) is 0 Å². The smallest absolute Gasteiger partial charge is 0.146 e. The standard InChI is InChI=1S/C41H24N6/c1-3-9-25(10-4-1)45-33-14-8-7-13-27(33)28-15-16-30-38-34(46(40(30)39(28)45)26-11-5-2-6-12-26)18-17-31-37(38)29-19-21-42-23-35(29)47-36-24-43-22-20-32(36)44-41(31)47/h1-24H. The van der Waals surface area contributed by atoms with Crippen molar-refractivity contribution in [2.24, 2.45) is 0 Å². The van der Waals surface area contributed by atoms with Gasteiger partial charge in [-0.15, -0.1) is 0 Å². The second kappa shape index (κ2) is 9.02. The monoisotopic (exact) mass is 600 g/mol. The van der Waals surface area contributed by atoms with E-state index in [0.29, 0.717) is 0 Å². The number of hydrogen-bond donors (Lipinski definition) is 0. The van der Waals surface area contributed by atoms with E-state index in [0.717, 1.165) is 49.9 Å². The molecule has 0 unspecified atom stereocenters. The zero-order valence-electron chi connectivity index (χ0n) is 25.0. The first-order chi connectivity index (χ1) is 23.4. The molecule has 0 N–H and O–H groups in total. The van der Waals surface area contributed by atoms with Gasteiger partial charge >= 0.3 is 0 Å². The topological polar surface area (TPSA) is 52.9 Å². The second-order valence-electron chi connectivity index (χ2n) is 12.1. The van der Waals surface area contributed by atoms with E-state index >= 15 is 0 Å². The van der Waals surface area contributed by atoms with Crippen molar-refractivity contribution < 1.29 is 0 Å². The van der Waals surface area contributed by atoms with Gasteiger partial charge in [0.1, 0.15) is 5.65 Å². The van der Waals surface area contributed by atoms with Crippen LogP contribution in [0.3, 0.4) is 0 Å². The highest BCUT2D eigenvalue weighted by atomic mass is 15.1. The summed E-state index contributed by atoms with van der Waals surface area (Å²) in [5, 5.41) is 8.27. The van der Waals surface area contributed by atoms with Crippen molar-refractivity contribution >= 4 is 82.0 Å². The number of imidazole rings is 1. The number of pyridine rings is 3. The molecular formula is C41H24N6. The molecule has 0 radical (unpaired) electrons. The molecule has 0 aliphatic carbocycles. The van der Waals surface area contributed by atoms with E-state index in [4.69, 9.17) is 4.98 Å². The zero-order chi connectivity index (χ0) is 30.6. The quantitative estimate of drug-likeness (QED) is 0.186. The van der Waals surface area contributed by atoms with E-state index in [-0.39, 0.29) is 0 Å². The number of nitrogens with zero attached hydrogens (tertiary/aromatic N) is 6. The fraction of sp³-hybridized carbons (Fsp3) is 0. The molecular weight excluding hydrogens is 576 g/mol. The van der Waals surface area contributed by atoms with Crippen molar-refractivity contribution in [1.29, 1.82) is 0 Å². The Bertz CT molecular complexity index is 3060. The van der Waals surface area contributed by atoms with Gasteiger partial charge in [0.05, 0.1) is 51.0 Å². The average molecular weight is 601 g/mol. The van der Waals surface area contributed by atoms with Crippen molar-refractivity contribution in [3.63, 3.8) is 0 Å². The highest BCUT2D eigenvalue weighted by Crippen LogP contribution is 2.45. The van der Waals surface area contributed by atoms with E-state index in [9.17, 15) is 0 Å². The van der Waals surface area contributed by atoms with Gasteiger partial charge in [0, 0.05) is 61.5 Å². The third-order valence-corrected chi connectivity index (χ3v) is 9.76. The maximum Gasteiger partial charge on any atom is 0.146 e. The Balaban J connectivity index is 1.45. The molecule has 0 spiro atoms. The molecule has 0 amide bonds. The number of rotatable bonds is 2. The Morgan fingerprint density at radius 2 is 1.04 bits per heavy atom. The van der Waals surface area contributed by atoms with Crippen LogP contribution in [-0.2, 0) is 0 Å². The Hall–Kier alpha value is -6.53. The van der Waals surface area contributed by atoms with Crippen molar-refractivity contribution in [2.75, 3.05) is 0 Å². The lowest BCUT2D eigenvalue weighted by Gasteiger charge is -2.12. The summed E-state index contributed by atoms with van der Waals surface area (Å²) >= 11 is 0. The van der Waals surface area contributed by atoms with Gasteiger partial charge in [-0.05, 0) is 54.6 Å². The van der Waals surface area contributed by atoms with E-state index in [1.54, 1.807) is 6.20 Å². The highest BCUT2D eigenvalue weighted by Gasteiger charge is 2.24. The van der Waals surface area contributed by atoms with Gasteiger partial charge in [-0.3, -0.25) is 14.4 Å². The van der Waals surface area contributed by atoms with Gasteiger partial charge in [-0.2, -0.15) is 0 Å². The minimum absolute atomic E-state index is 0.908. The molecule has 47 heavy (non-hydrogen) atoms. The molecule has 6 heteroatoms. The van der Waals surface area contributed by atoms with Crippen molar-refractivity contribution in [2.45, 2.75) is 0 Å². The van der Waals surface area contributed by atoms with Crippen LogP contribution < -0.4 is 0 Å². The molecule has 6 heterocycles. The second-order valence-corrected chi connectivity index (χ2v) is 12.1. The maximum atomic E-state index is 5.16. The summed E-state index contributed by atoms with van der Waals surface area (Å²) < 4.78 is 7.09. The molecule has 0 aliphatic rings. The zero-order valence-corrected chi connectivity index (χ0v) is 25.0. The van der Waals surface area contributed by atoms with Gasteiger partial charge in [-0.1, -0.05) is 66.7 Å². The van der Waals surface area contributed by atoms with E-state index < -0.39 is 0 Å². The van der Waals surface area contributed by atoms with E-state index in [1.165, 1.54) is 43.5 Å². The van der Waals surface area contributed by atoms with E-state index in [1.807, 2.05) is 24.7 Å². The normalized spacial score (nSPS) is 12.3. The molecule has 0 fully saturated rings. The molecule has 11 aromatic rings. The van der Waals surface area contributed by atoms with Crippen LogP contribution in [0.4, 0.5) is 0 Å². The summed E-state index contributed by atoms with van der Waals surface area (Å²) in [6.45, 7) is 0. The average Bonchev–Trinajstić information content (AvgIpc) is 3.80. The summed E-state index contributed by atoms with van der Waals surface area (Å²) in [5.74, 6) is 0. The minimum Gasteiger partial charge on any atom is -0.307 e. The minimum atomic E-state index is 0.908. The van der Waals surface area contributed by atoms with Crippen molar-refractivity contribution in [1.82, 2.24) is 28.5 Å². The molecule has 0 saturated carbocycles. The fourth-order valence-electron chi connectivity index (χ4n) is 7.92. The lowest BCUT2D eigenvalue weighted by atomic mass is 10.00. The number of benzene rings is 5. The number of hydrogen-bond acceptors (Lipinski definition) is 3. The molecule has 6 nitrogen and oxygen atoms in total. The molecule has 0 saturated heterocycles. The predicted octanol–water partition coefficient (Wildman–Crippen LogP) is 9.78. The van der Waals surface area contributed by atoms with Crippen LogP contribution in [0.1, 0.15) is 0 Å². The van der Waals surface area contributed by atoms with E-state index in [2.05, 4.69) is 139 Å². The van der Waals surface area contributed by atoms with Crippen LogP contribution in [0.15, 0.2) is 146 Å². The summed E-state index contributed by atoms with van der Waals surface area (Å²) in [7, 11) is 0. The van der Waals surface area contributed by atoms with Crippen LogP contribution in [0.5, 0.6) is 0 Å². The molecule has 11 rings (SSSR count). The summed E-state index contributed by atoms with van der Waals surface area (Å²) in [6, 6.07) is 43.5. The van der Waals surface area contributed by atoms with Gasteiger partial charge in [-0.25, -0.2) is 4.98 Å². The molecule has 0 bridgehead atoms. The Kier molecular flexibility index (Phi) is 4.75. The van der Waals surface area contributed by atoms with Crippen LogP contribution in [0.2, 0.25) is 0 Å². The first-order valence-electron chi connectivity index (χ1n) is 15.8. The Labute approximate surface area is 267 Å². The molecule has 0 atom stereocenters. The summed E-state index contributed by atoms with van der Waals surface area (Å²) in [5.41, 5.74) is 10.8. The van der Waals surface area contributed by atoms with Gasteiger partial charge in [0.15, 0.2) is 0 Å². The lowest BCUT2D eigenvalue weighted by Crippen LogP contribution is -1.98. The van der Waals surface area contributed by atoms with Gasteiger partial charge < -0.3 is 9.13 Å². The SMILES string of the molecule is c1ccc(-n2c3ccccc3c3ccc4c5c6c7ccncc7n7c8cnccc8nc7c6ccc5n(-c5ccccc5)c4c32)cc1. The van der Waals surface area contributed by atoms with Crippen LogP contribution in [0.25, 0.3) is 93.3 Å². The van der Waals surface area contributed by atoms with Crippen LogP contribution in [-0.4, -0.2) is 28.5 Å². The largest absolute Gasteiger partial charge is 0.307 e. The third-order valence-electron chi connectivity index (χ3n) is 9.76. The summed E-state index contributed by atoms with van der Waals surface area (Å²) in [6.07, 6.45) is 7.55.